The summed E-state index contributed by atoms with van der Waals surface area (Å²) in [5, 5.41) is 8.35. The molecule has 0 unspecified atom stereocenters. The van der Waals surface area contributed by atoms with Crippen LogP contribution in [0.4, 0.5) is 0 Å². The fraction of sp³-hybridized carbons (Fsp3) is 0.562. The number of nitrogens with zero attached hydrogens (tertiary/aromatic N) is 1. The Morgan fingerprint density at radius 2 is 2.00 bits per heavy atom. The average Bonchev–Trinajstić information content (AvgIpc) is 2.89. The number of aromatic nitrogens is 2. The Kier molecular flexibility index (Phi) is 3.66. The van der Waals surface area contributed by atoms with Crippen molar-refractivity contribution in [1.82, 2.24) is 10.2 Å². The molecular formula is C16H23N3O. The van der Waals surface area contributed by atoms with Gasteiger partial charge in [-0.05, 0) is 43.7 Å². The van der Waals surface area contributed by atoms with E-state index in [4.69, 9.17) is 10.5 Å². The number of benzene rings is 1. The molecule has 108 valence electrons. The van der Waals surface area contributed by atoms with Gasteiger partial charge >= 0.3 is 0 Å². The molecule has 0 saturated heterocycles. The molecule has 0 aliphatic heterocycles. The molecule has 1 saturated carbocycles. The highest BCUT2D eigenvalue weighted by atomic mass is 16.5. The van der Waals surface area contributed by atoms with Crippen LogP contribution in [0.5, 0.6) is 5.75 Å². The summed E-state index contributed by atoms with van der Waals surface area (Å²) in [6.07, 6.45) is 6.45. The summed E-state index contributed by atoms with van der Waals surface area (Å²) in [6, 6.07) is 4.48. The molecule has 0 atom stereocenters. The van der Waals surface area contributed by atoms with E-state index in [0.29, 0.717) is 18.1 Å². The first-order chi connectivity index (χ1) is 9.65. The molecule has 1 aliphatic carbocycles. The first-order valence-corrected chi connectivity index (χ1v) is 7.53. The molecular weight excluding hydrogens is 250 g/mol. The van der Waals surface area contributed by atoms with Gasteiger partial charge in [0.1, 0.15) is 5.75 Å². The van der Waals surface area contributed by atoms with E-state index in [1.807, 2.05) is 6.20 Å². The summed E-state index contributed by atoms with van der Waals surface area (Å²) >= 11 is 0. The number of hydrogen-bond acceptors (Lipinski definition) is 3. The van der Waals surface area contributed by atoms with E-state index < -0.39 is 0 Å². The third-order valence-electron chi connectivity index (χ3n) is 4.22. The molecule has 3 N–H and O–H groups in total. The number of nitrogens with one attached hydrogen (secondary N) is 1. The summed E-state index contributed by atoms with van der Waals surface area (Å²) in [4.78, 5) is 0. The normalized spacial score (nSPS) is 23.4. The molecule has 1 aliphatic rings. The van der Waals surface area contributed by atoms with Gasteiger partial charge in [-0.3, -0.25) is 5.10 Å². The standard InChI is InChI=1S/C16H23N3O/c1-10(2)16-13-9-18-19-14(13)7-8-15(16)20-12-5-3-11(17)4-6-12/h7-12H,3-6,17H2,1-2H3,(H,18,19)/t11-,12-. The molecule has 0 radical (unpaired) electrons. The highest BCUT2D eigenvalue weighted by Crippen LogP contribution is 2.35. The number of fused-ring (bicyclic) bond motifs is 1. The molecule has 0 spiro atoms. The summed E-state index contributed by atoms with van der Waals surface area (Å²) in [5.74, 6) is 1.42. The van der Waals surface area contributed by atoms with E-state index in [1.54, 1.807) is 0 Å². The Hall–Kier alpha value is -1.55. The van der Waals surface area contributed by atoms with E-state index in [9.17, 15) is 0 Å². The molecule has 4 nitrogen and oxygen atoms in total. The zero-order valence-electron chi connectivity index (χ0n) is 12.2. The van der Waals surface area contributed by atoms with Gasteiger partial charge in [-0.15, -0.1) is 0 Å². The minimum atomic E-state index is 0.302. The summed E-state index contributed by atoms with van der Waals surface area (Å²) in [5.41, 5.74) is 8.29. The van der Waals surface area contributed by atoms with E-state index in [2.05, 4.69) is 36.2 Å². The van der Waals surface area contributed by atoms with E-state index in [-0.39, 0.29) is 0 Å². The summed E-state index contributed by atoms with van der Waals surface area (Å²) < 4.78 is 6.28. The fourth-order valence-electron chi connectivity index (χ4n) is 3.10. The summed E-state index contributed by atoms with van der Waals surface area (Å²) in [7, 11) is 0. The van der Waals surface area contributed by atoms with E-state index in [1.165, 1.54) is 10.9 Å². The third kappa shape index (κ3) is 2.52. The Balaban J connectivity index is 1.88. The smallest absolute Gasteiger partial charge is 0.123 e. The van der Waals surface area contributed by atoms with Crippen molar-refractivity contribution in [2.24, 2.45) is 5.73 Å². The van der Waals surface area contributed by atoms with Crippen LogP contribution in [-0.4, -0.2) is 22.3 Å². The van der Waals surface area contributed by atoms with Gasteiger partial charge in [0.2, 0.25) is 0 Å². The van der Waals surface area contributed by atoms with Crippen molar-refractivity contribution >= 4 is 10.9 Å². The molecule has 1 aromatic heterocycles. The van der Waals surface area contributed by atoms with Crippen LogP contribution in [-0.2, 0) is 0 Å². The molecule has 20 heavy (non-hydrogen) atoms. The fourth-order valence-corrected chi connectivity index (χ4v) is 3.10. The van der Waals surface area contributed by atoms with Crippen LogP contribution in [0.2, 0.25) is 0 Å². The quantitative estimate of drug-likeness (QED) is 0.901. The first kappa shape index (κ1) is 13.4. The second-order valence-corrected chi connectivity index (χ2v) is 6.12. The highest BCUT2D eigenvalue weighted by Gasteiger charge is 2.22. The van der Waals surface area contributed by atoms with Crippen LogP contribution in [0.3, 0.4) is 0 Å². The van der Waals surface area contributed by atoms with Crippen LogP contribution < -0.4 is 10.5 Å². The van der Waals surface area contributed by atoms with Crippen molar-refractivity contribution in [3.8, 4) is 5.75 Å². The number of nitrogens with two attached hydrogens (primary N) is 1. The number of aromatic amines is 1. The molecule has 2 aromatic rings. The lowest BCUT2D eigenvalue weighted by Crippen LogP contribution is -2.31. The maximum atomic E-state index is 6.28. The zero-order chi connectivity index (χ0) is 14.1. The molecule has 3 rings (SSSR count). The van der Waals surface area contributed by atoms with Gasteiger partial charge in [0, 0.05) is 17.0 Å². The lowest BCUT2D eigenvalue weighted by molar-refractivity contribution is 0.145. The molecule has 4 heteroatoms. The van der Waals surface area contributed by atoms with E-state index in [0.717, 1.165) is 36.9 Å². The maximum Gasteiger partial charge on any atom is 0.123 e. The minimum absolute atomic E-state index is 0.302. The highest BCUT2D eigenvalue weighted by molar-refractivity contribution is 5.84. The number of rotatable bonds is 3. The van der Waals surface area contributed by atoms with Gasteiger partial charge in [0.05, 0.1) is 17.8 Å². The van der Waals surface area contributed by atoms with Crippen LogP contribution >= 0.6 is 0 Å². The average molecular weight is 273 g/mol. The van der Waals surface area contributed by atoms with Gasteiger partial charge in [0.25, 0.3) is 0 Å². The molecule has 1 heterocycles. The predicted octanol–water partition coefficient (Wildman–Crippen LogP) is 3.34. The molecule has 0 amide bonds. The molecule has 0 bridgehead atoms. The van der Waals surface area contributed by atoms with Crippen molar-refractivity contribution in [3.05, 3.63) is 23.9 Å². The van der Waals surface area contributed by atoms with Gasteiger partial charge in [-0.25, -0.2) is 0 Å². The van der Waals surface area contributed by atoms with Crippen molar-refractivity contribution in [2.75, 3.05) is 0 Å². The topological polar surface area (TPSA) is 63.9 Å². The van der Waals surface area contributed by atoms with Crippen molar-refractivity contribution in [2.45, 2.75) is 57.6 Å². The number of hydrogen-bond donors (Lipinski definition) is 2. The SMILES string of the molecule is CC(C)c1c(O[C@H]2CC[C@H](N)CC2)ccc2[nH]ncc12. The lowest BCUT2D eigenvalue weighted by atomic mass is 9.93. The number of H-pyrrole nitrogens is 1. The van der Waals surface area contributed by atoms with Crippen molar-refractivity contribution < 1.29 is 4.74 Å². The van der Waals surface area contributed by atoms with Crippen molar-refractivity contribution in [3.63, 3.8) is 0 Å². The van der Waals surface area contributed by atoms with Crippen LogP contribution in [0.25, 0.3) is 10.9 Å². The summed E-state index contributed by atoms with van der Waals surface area (Å²) in [6.45, 7) is 4.40. The van der Waals surface area contributed by atoms with Gasteiger partial charge in [-0.1, -0.05) is 13.8 Å². The van der Waals surface area contributed by atoms with Crippen LogP contribution in [0, 0.1) is 0 Å². The Bertz CT molecular complexity index is 582. The Labute approximate surface area is 119 Å². The van der Waals surface area contributed by atoms with E-state index >= 15 is 0 Å². The molecule has 1 aromatic carbocycles. The van der Waals surface area contributed by atoms with Crippen LogP contribution in [0.15, 0.2) is 18.3 Å². The zero-order valence-corrected chi connectivity index (χ0v) is 12.2. The van der Waals surface area contributed by atoms with Gasteiger partial charge in [-0.2, -0.15) is 5.10 Å². The third-order valence-corrected chi connectivity index (χ3v) is 4.22. The second kappa shape index (κ2) is 5.44. The van der Waals surface area contributed by atoms with Gasteiger partial charge < -0.3 is 10.5 Å². The first-order valence-electron chi connectivity index (χ1n) is 7.53. The Morgan fingerprint density at radius 3 is 2.70 bits per heavy atom. The minimum Gasteiger partial charge on any atom is -0.490 e. The van der Waals surface area contributed by atoms with Crippen molar-refractivity contribution in [1.29, 1.82) is 0 Å². The second-order valence-electron chi connectivity index (χ2n) is 6.12. The maximum absolute atomic E-state index is 6.28. The number of ether oxygens (including phenoxy) is 1. The van der Waals surface area contributed by atoms with Crippen LogP contribution in [0.1, 0.15) is 51.0 Å². The monoisotopic (exact) mass is 273 g/mol. The predicted molar refractivity (Wildman–Crippen MR) is 81.0 cm³/mol. The molecule has 1 fully saturated rings. The van der Waals surface area contributed by atoms with Gasteiger partial charge in [0.15, 0.2) is 0 Å². The lowest BCUT2D eigenvalue weighted by Gasteiger charge is -2.28. The Morgan fingerprint density at radius 1 is 1.25 bits per heavy atom. The largest absolute Gasteiger partial charge is 0.490 e.